The summed E-state index contributed by atoms with van der Waals surface area (Å²) in [4.78, 5) is 10.2. The van der Waals surface area contributed by atoms with Gasteiger partial charge in [0.2, 0.25) is 0 Å². The van der Waals surface area contributed by atoms with Gasteiger partial charge in [-0.05, 0) is 79.1 Å². The van der Waals surface area contributed by atoms with Gasteiger partial charge in [-0.3, -0.25) is 0 Å². The topological polar surface area (TPSA) is 19.4 Å². The summed E-state index contributed by atoms with van der Waals surface area (Å²) in [5, 5.41) is 1.17. The largest absolute Gasteiger partial charge is 0.306 e. The van der Waals surface area contributed by atoms with Gasteiger partial charge in [-0.2, -0.15) is 0 Å². The molecule has 0 aliphatic carbocycles. The van der Waals surface area contributed by atoms with Crippen molar-refractivity contribution in [3.63, 3.8) is 0 Å². The first-order valence-electron chi connectivity index (χ1n) is 15.1. The highest BCUT2D eigenvalue weighted by molar-refractivity contribution is 6.10. The fourth-order valence-corrected chi connectivity index (χ4v) is 6.45. The van der Waals surface area contributed by atoms with Crippen molar-refractivity contribution in [1.29, 1.82) is 0 Å². The molecular weight excluding hydrogens is 534 g/mol. The molecule has 3 nitrogen and oxygen atoms in total. The monoisotopic (exact) mass is 565 g/mol. The van der Waals surface area contributed by atoms with E-state index in [2.05, 4.69) is 175 Å². The van der Waals surface area contributed by atoms with E-state index in [1.807, 2.05) is 0 Å². The first-order valence-corrected chi connectivity index (χ1v) is 15.1. The van der Waals surface area contributed by atoms with E-state index in [1.165, 1.54) is 27.6 Å². The quantitative estimate of drug-likeness (QED) is 0.212. The highest BCUT2D eigenvalue weighted by Gasteiger charge is 2.31. The number of nitrogens with zero attached hydrogens (tertiary/aromatic N) is 3. The lowest BCUT2D eigenvalue weighted by Gasteiger charge is -2.40. The second-order valence-electron chi connectivity index (χ2n) is 11.4. The molecule has 0 unspecified atom stereocenters. The molecule has 0 saturated carbocycles. The van der Waals surface area contributed by atoms with Gasteiger partial charge < -0.3 is 9.80 Å². The van der Waals surface area contributed by atoms with E-state index in [-0.39, 0.29) is 0 Å². The molecule has 0 atom stereocenters. The molecule has 1 aliphatic rings. The van der Waals surface area contributed by atoms with Crippen molar-refractivity contribution < 1.29 is 0 Å². The van der Waals surface area contributed by atoms with Crippen LogP contribution in [0.2, 0.25) is 0 Å². The van der Waals surface area contributed by atoms with Gasteiger partial charge in [-0.25, -0.2) is 4.98 Å². The SMILES string of the molecule is Cc1ccc(-c2cc(-c3ccccc3)c3c(C)ccc(N4c5ccccc5N(c5ccccc5)c5ccccc54)c3n2)cc1. The molecule has 0 saturated heterocycles. The fourth-order valence-electron chi connectivity index (χ4n) is 6.45. The summed E-state index contributed by atoms with van der Waals surface area (Å²) in [7, 11) is 0. The Morgan fingerprint density at radius 1 is 0.455 bits per heavy atom. The third kappa shape index (κ3) is 4.25. The molecule has 1 aliphatic heterocycles. The lowest BCUT2D eigenvalue weighted by Crippen LogP contribution is -2.24. The third-order valence-electron chi connectivity index (χ3n) is 8.56. The summed E-state index contributed by atoms with van der Waals surface area (Å²) >= 11 is 0. The number of aromatic nitrogens is 1. The molecule has 0 spiro atoms. The summed E-state index contributed by atoms with van der Waals surface area (Å²) in [6, 6.07) is 54.1. The molecule has 0 amide bonds. The minimum Gasteiger partial charge on any atom is -0.306 e. The van der Waals surface area contributed by atoms with E-state index >= 15 is 0 Å². The summed E-state index contributed by atoms with van der Waals surface area (Å²) in [5.41, 5.74) is 14.5. The summed E-state index contributed by atoms with van der Waals surface area (Å²) in [6.07, 6.45) is 0. The van der Waals surface area contributed by atoms with Crippen molar-refractivity contribution in [2.75, 3.05) is 9.80 Å². The zero-order valence-electron chi connectivity index (χ0n) is 24.8. The predicted octanol–water partition coefficient (Wildman–Crippen LogP) is 11.4. The number of hydrogen-bond donors (Lipinski definition) is 0. The minimum atomic E-state index is 0.965. The van der Waals surface area contributed by atoms with Gasteiger partial charge in [0.05, 0.1) is 39.6 Å². The van der Waals surface area contributed by atoms with Gasteiger partial charge in [-0.1, -0.05) is 109 Å². The van der Waals surface area contributed by atoms with Crippen LogP contribution in [0.5, 0.6) is 0 Å². The average Bonchev–Trinajstić information content (AvgIpc) is 3.08. The van der Waals surface area contributed by atoms with Gasteiger partial charge in [0.15, 0.2) is 0 Å². The van der Waals surface area contributed by atoms with Crippen LogP contribution in [0, 0.1) is 13.8 Å². The Balaban J connectivity index is 1.44. The molecule has 0 bridgehead atoms. The fraction of sp³-hybridized carbons (Fsp3) is 0.0488. The molecule has 2 heterocycles. The van der Waals surface area contributed by atoms with Crippen molar-refractivity contribution in [1.82, 2.24) is 4.98 Å². The van der Waals surface area contributed by atoms with Gasteiger partial charge in [0.25, 0.3) is 0 Å². The van der Waals surface area contributed by atoms with E-state index in [0.717, 1.165) is 50.9 Å². The number of aryl methyl sites for hydroxylation is 2. The van der Waals surface area contributed by atoms with E-state index < -0.39 is 0 Å². The average molecular weight is 566 g/mol. The molecule has 3 heteroatoms. The molecule has 0 N–H and O–H groups in total. The van der Waals surface area contributed by atoms with Gasteiger partial charge in [0.1, 0.15) is 0 Å². The maximum absolute atomic E-state index is 5.47. The standard InChI is InChI=1S/C41H31N3/c1-28-21-24-31(25-22-28)34-27-33(30-13-5-3-6-14-30)40-29(2)23-26-39(41(40)42-34)44-37-19-11-9-17-35(37)43(32-15-7-4-8-16-32)36-18-10-12-20-38(36)44/h3-27H,1-2H3. The molecule has 210 valence electrons. The number of fused-ring (bicyclic) bond motifs is 3. The zero-order valence-corrected chi connectivity index (χ0v) is 24.8. The predicted molar refractivity (Wildman–Crippen MR) is 185 cm³/mol. The Bertz CT molecular complexity index is 2090. The van der Waals surface area contributed by atoms with E-state index in [4.69, 9.17) is 4.98 Å². The molecule has 8 rings (SSSR count). The maximum atomic E-state index is 5.47. The number of hydrogen-bond acceptors (Lipinski definition) is 3. The van der Waals surface area contributed by atoms with Crippen molar-refractivity contribution >= 4 is 45.0 Å². The Labute approximate surface area is 258 Å². The smallest absolute Gasteiger partial charge is 0.0958 e. The Kier molecular flexibility index (Phi) is 6.23. The van der Waals surface area contributed by atoms with Crippen LogP contribution >= 0.6 is 0 Å². The summed E-state index contributed by atoms with van der Waals surface area (Å²) < 4.78 is 0. The van der Waals surface area contributed by atoms with Crippen molar-refractivity contribution in [2.45, 2.75) is 13.8 Å². The van der Waals surface area contributed by atoms with Crippen LogP contribution in [-0.4, -0.2) is 4.98 Å². The number of anilines is 6. The first kappa shape index (κ1) is 26.0. The second kappa shape index (κ2) is 10.6. The Hall–Kier alpha value is -5.67. The molecule has 0 radical (unpaired) electrons. The van der Waals surface area contributed by atoms with Crippen LogP contribution in [-0.2, 0) is 0 Å². The van der Waals surface area contributed by atoms with Gasteiger partial charge in [0, 0.05) is 16.6 Å². The minimum absolute atomic E-state index is 0.965. The molecule has 1 aromatic heterocycles. The Morgan fingerprint density at radius 2 is 1.00 bits per heavy atom. The molecular formula is C41H31N3. The van der Waals surface area contributed by atoms with Crippen molar-refractivity contribution in [2.24, 2.45) is 0 Å². The molecule has 6 aromatic carbocycles. The second-order valence-corrected chi connectivity index (χ2v) is 11.4. The van der Waals surface area contributed by atoms with Crippen LogP contribution in [0.4, 0.5) is 34.1 Å². The normalized spacial score (nSPS) is 12.2. The summed E-state index contributed by atoms with van der Waals surface area (Å²) in [5.74, 6) is 0. The van der Waals surface area contributed by atoms with E-state index in [1.54, 1.807) is 0 Å². The number of pyridine rings is 1. The number of benzene rings is 6. The zero-order chi connectivity index (χ0) is 29.6. The third-order valence-corrected chi connectivity index (χ3v) is 8.56. The highest BCUT2D eigenvalue weighted by atomic mass is 15.3. The van der Waals surface area contributed by atoms with Gasteiger partial charge >= 0.3 is 0 Å². The maximum Gasteiger partial charge on any atom is 0.0958 e. The molecule has 44 heavy (non-hydrogen) atoms. The van der Waals surface area contributed by atoms with Crippen molar-refractivity contribution in [3.05, 3.63) is 163 Å². The van der Waals surface area contributed by atoms with Crippen LogP contribution in [0.1, 0.15) is 11.1 Å². The van der Waals surface area contributed by atoms with Crippen molar-refractivity contribution in [3.8, 4) is 22.4 Å². The number of para-hydroxylation sites is 5. The van der Waals surface area contributed by atoms with Crippen LogP contribution in [0.3, 0.4) is 0 Å². The van der Waals surface area contributed by atoms with Crippen LogP contribution in [0.25, 0.3) is 33.3 Å². The van der Waals surface area contributed by atoms with E-state index in [0.29, 0.717) is 0 Å². The Morgan fingerprint density at radius 3 is 1.61 bits per heavy atom. The van der Waals surface area contributed by atoms with E-state index in [9.17, 15) is 0 Å². The molecule has 7 aromatic rings. The van der Waals surface area contributed by atoms with Gasteiger partial charge in [-0.15, -0.1) is 0 Å². The molecule has 0 fully saturated rings. The lowest BCUT2D eigenvalue weighted by molar-refractivity contribution is 1.17. The van der Waals surface area contributed by atoms with Crippen LogP contribution in [0.15, 0.2) is 152 Å². The highest BCUT2D eigenvalue weighted by Crippen LogP contribution is 2.55. The summed E-state index contributed by atoms with van der Waals surface area (Å²) in [6.45, 7) is 4.32. The first-order chi connectivity index (χ1) is 21.7. The number of rotatable bonds is 4. The lowest BCUT2D eigenvalue weighted by atomic mass is 9.94. The van der Waals surface area contributed by atoms with Crippen LogP contribution < -0.4 is 9.80 Å².